The first kappa shape index (κ1) is 31.4. The fourth-order valence-corrected chi connectivity index (χ4v) is 5.29. The maximum atomic E-state index is 13.4. The van der Waals surface area contributed by atoms with Gasteiger partial charge in [-0.05, 0) is 73.2 Å². The third kappa shape index (κ3) is 8.97. The number of halogens is 1. The van der Waals surface area contributed by atoms with Crippen molar-refractivity contribution in [1.82, 2.24) is 5.32 Å². The molecule has 0 aliphatic rings. The van der Waals surface area contributed by atoms with Crippen LogP contribution in [0.3, 0.4) is 0 Å². The van der Waals surface area contributed by atoms with E-state index >= 15 is 0 Å². The van der Waals surface area contributed by atoms with Gasteiger partial charge >= 0.3 is 0 Å². The van der Waals surface area contributed by atoms with Crippen LogP contribution in [0.25, 0.3) is 6.08 Å². The Morgan fingerprint density at radius 3 is 2.33 bits per heavy atom. The van der Waals surface area contributed by atoms with Crippen molar-refractivity contribution in [2.45, 2.75) is 17.1 Å². The summed E-state index contributed by atoms with van der Waals surface area (Å²) in [5.41, 5.74) is 2.27. The molecule has 10 heteroatoms. The third-order valence-electron chi connectivity index (χ3n) is 6.13. The van der Waals surface area contributed by atoms with Crippen molar-refractivity contribution in [3.05, 3.63) is 118 Å². The van der Waals surface area contributed by atoms with E-state index in [4.69, 9.17) is 9.47 Å². The molecule has 220 valence electrons. The number of methoxy groups -OCH3 is 2. The number of carbonyl (C=O) groups excluding carboxylic acids is 3. The van der Waals surface area contributed by atoms with Gasteiger partial charge in [-0.2, -0.15) is 0 Å². The SMILES string of the molecule is COc1ccc(NC(=O)C(C)Sc2cccc(NC(=O)/C(=C\c3cccc(Br)c3)NC(=O)c3ccccc3)c2)c(OC)c1. The first-order chi connectivity index (χ1) is 20.7. The Bertz CT molecular complexity index is 1640. The minimum Gasteiger partial charge on any atom is -0.497 e. The highest BCUT2D eigenvalue weighted by atomic mass is 79.9. The van der Waals surface area contributed by atoms with Gasteiger partial charge < -0.3 is 25.4 Å². The summed E-state index contributed by atoms with van der Waals surface area (Å²) in [5, 5.41) is 8.04. The lowest BCUT2D eigenvalue weighted by molar-refractivity contribution is -0.115. The summed E-state index contributed by atoms with van der Waals surface area (Å²) >= 11 is 4.78. The van der Waals surface area contributed by atoms with Crippen molar-refractivity contribution in [2.24, 2.45) is 0 Å². The van der Waals surface area contributed by atoms with E-state index < -0.39 is 17.1 Å². The quantitative estimate of drug-likeness (QED) is 0.118. The zero-order chi connectivity index (χ0) is 30.8. The Morgan fingerprint density at radius 1 is 0.837 bits per heavy atom. The number of anilines is 2. The van der Waals surface area contributed by atoms with E-state index in [1.165, 1.54) is 18.9 Å². The highest BCUT2D eigenvalue weighted by Gasteiger charge is 2.19. The van der Waals surface area contributed by atoms with Crippen LogP contribution in [0.4, 0.5) is 11.4 Å². The second-order valence-electron chi connectivity index (χ2n) is 9.23. The van der Waals surface area contributed by atoms with Crippen molar-refractivity contribution in [3.8, 4) is 11.5 Å². The number of benzene rings is 4. The van der Waals surface area contributed by atoms with E-state index in [9.17, 15) is 14.4 Å². The van der Waals surface area contributed by atoms with Gasteiger partial charge in [0.1, 0.15) is 17.2 Å². The van der Waals surface area contributed by atoms with Gasteiger partial charge in [0.2, 0.25) is 5.91 Å². The Kier molecular flexibility index (Phi) is 11.0. The number of carbonyl (C=O) groups is 3. The van der Waals surface area contributed by atoms with Gasteiger partial charge in [-0.15, -0.1) is 11.8 Å². The average Bonchev–Trinajstić information content (AvgIpc) is 3.01. The van der Waals surface area contributed by atoms with Crippen LogP contribution >= 0.6 is 27.7 Å². The molecule has 0 radical (unpaired) electrons. The van der Waals surface area contributed by atoms with Gasteiger partial charge in [0.25, 0.3) is 11.8 Å². The molecule has 43 heavy (non-hydrogen) atoms. The van der Waals surface area contributed by atoms with Crippen LogP contribution < -0.4 is 25.4 Å². The molecule has 0 bridgehead atoms. The molecule has 0 heterocycles. The molecule has 0 aromatic heterocycles. The molecule has 0 saturated carbocycles. The second kappa shape index (κ2) is 15.1. The average molecular weight is 661 g/mol. The molecule has 3 N–H and O–H groups in total. The summed E-state index contributed by atoms with van der Waals surface area (Å²) < 4.78 is 11.4. The Balaban J connectivity index is 1.47. The van der Waals surface area contributed by atoms with Crippen molar-refractivity contribution in [3.63, 3.8) is 0 Å². The molecule has 0 saturated heterocycles. The number of amides is 3. The lowest BCUT2D eigenvalue weighted by Crippen LogP contribution is -2.30. The van der Waals surface area contributed by atoms with Gasteiger partial charge in [0.05, 0.1) is 25.2 Å². The van der Waals surface area contributed by atoms with Crippen LogP contribution in [0.1, 0.15) is 22.8 Å². The van der Waals surface area contributed by atoms with E-state index in [1.54, 1.807) is 80.8 Å². The Labute approximate surface area is 263 Å². The lowest BCUT2D eigenvalue weighted by Gasteiger charge is -2.16. The molecular formula is C33H30BrN3O5S. The Hall–Kier alpha value is -4.54. The highest BCUT2D eigenvalue weighted by molar-refractivity contribution is 9.10. The standard InChI is InChI=1S/C33H30BrN3O5S/c1-21(31(38)36-28-16-15-26(41-2)20-30(28)42-3)43-27-14-8-13-25(19-27)35-33(40)29(18-22-9-7-12-24(34)17-22)37-32(39)23-10-5-4-6-11-23/h4-21H,1-3H3,(H,35,40)(H,36,38)(H,37,39)/b29-18+. The molecular weight excluding hydrogens is 630 g/mol. The number of hydrogen-bond donors (Lipinski definition) is 3. The minimum absolute atomic E-state index is 0.0752. The zero-order valence-electron chi connectivity index (χ0n) is 23.7. The maximum absolute atomic E-state index is 13.4. The predicted octanol–water partition coefficient (Wildman–Crippen LogP) is 7.00. The number of ether oxygens (including phenoxy) is 2. The molecule has 3 amide bonds. The molecule has 0 aliphatic carbocycles. The largest absolute Gasteiger partial charge is 0.497 e. The van der Waals surface area contributed by atoms with Gasteiger partial charge in [-0.3, -0.25) is 14.4 Å². The summed E-state index contributed by atoms with van der Waals surface area (Å²) in [6, 6.07) is 28.4. The van der Waals surface area contributed by atoms with Gasteiger partial charge in [-0.1, -0.05) is 52.3 Å². The van der Waals surface area contributed by atoms with Crippen molar-refractivity contribution >= 4 is 62.9 Å². The Morgan fingerprint density at radius 2 is 1.60 bits per heavy atom. The summed E-state index contributed by atoms with van der Waals surface area (Å²) in [6.07, 6.45) is 1.61. The van der Waals surface area contributed by atoms with Crippen LogP contribution in [0.5, 0.6) is 11.5 Å². The maximum Gasteiger partial charge on any atom is 0.272 e. The second-order valence-corrected chi connectivity index (χ2v) is 11.6. The number of thioether (sulfide) groups is 1. The molecule has 8 nitrogen and oxygen atoms in total. The molecule has 0 fully saturated rings. The lowest BCUT2D eigenvalue weighted by atomic mass is 10.1. The number of nitrogens with one attached hydrogen (secondary N) is 3. The normalized spacial score (nSPS) is 11.7. The third-order valence-corrected chi connectivity index (χ3v) is 7.72. The van der Waals surface area contributed by atoms with Crippen molar-refractivity contribution < 1.29 is 23.9 Å². The molecule has 4 aromatic rings. The molecule has 0 aliphatic heterocycles. The summed E-state index contributed by atoms with van der Waals surface area (Å²) in [5.74, 6) is -0.0182. The van der Waals surface area contributed by atoms with E-state index in [0.717, 1.165) is 14.9 Å². The molecule has 4 rings (SSSR count). The van der Waals surface area contributed by atoms with Crippen molar-refractivity contribution in [1.29, 1.82) is 0 Å². The van der Waals surface area contributed by atoms with E-state index in [1.807, 2.05) is 36.4 Å². The van der Waals surface area contributed by atoms with E-state index in [0.29, 0.717) is 28.4 Å². The predicted molar refractivity (Wildman–Crippen MR) is 175 cm³/mol. The summed E-state index contributed by atoms with van der Waals surface area (Å²) in [7, 11) is 3.08. The van der Waals surface area contributed by atoms with Gasteiger partial charge in [-0.25, -0.2) is 0 Å². The van der Waals surface area contributed by atoms with E-state index in [2.05, 4.69) is 31.9 Å². The minimum atomic E-state index is -0.496. The highest BCUT2D eigenvalue weighted by Crippen LogP contribution is 2.31. The van der Waals surface area contributed by atoms with E-state index in [-0.39, 0.29) is 11.6 Å². The first-order valence-electron chi connectivity index (χ1n) is 13.2. The van der Waals surface area contributed by atoms with Crippen molar-refractivity contribution in [2.75, 3.05) is 24.9 Å². The van der Waals surface area contributed by atoms with Gasteiger partial charge in [0, 0.05) is 26.7 Å². The monoisotopic (exact) mass is 659 g/mol. The zero-order valence-corrected chi connectivity index (χ0v) is 26.1. The fraction of sp³-hybridized carbons (Fsp3) is 0.121. The first-order valence-corrected chi connectivity index (χ1v) is 14.9. The molecule has 1 unspecified atom stereocenters. The van der Waals surface area contributed by atoms with Crippen LogP contribution in [-0.2, 0) is 9.59 Å². The molecule has 4 aromatic carbocycles. The van der Waals surface area contributed by atoms with Crippen LogP contribution in [0.2, 0.25) is 0 Å². The fourth-order valence-electron chi connectivity index (χ4n) is 3.94. The summed E-state index contributed by atoms with van der Waals surface area (Å²) in [4.78, 5) is 40.1. The van der Waals surface area contributed by atoms with Crippen LogP contribution in [-0.4, -0.2) is 37.2 Å². The number of rotatable bonds is 11. The molecule has 1 atom stereocenters. The van der Waals surface area contributed by atoms with Gasteiger partial charge in [0.15, 0.2) is 0 Å². The smallest absolute Gasteiger partial charge is 0.272 e. The topological polar surface area (TPSA) is 106 Å². The van der Waals surface area contributed by atoms with Crippen LogP contribution in [0.15, 0.2) is 112 Å². The van der Waals surface area contributed by atoms with Crippen LogP contribution in [0, 0.1) is 0 Å². The summed E-state index contributed by atoms with van der Waals surface area (Å²) in [6.45, 7) is 1.79. The number of hydrogen-bond acceptors (Lipinski definition) is 6. The molecule has 0 spiro atoms.